The third-order valence-electron chi connectivity index (χ3n) is 2.56. The molecule has 0 saturated heterocycles. The second kappa shape index (κ2) is 7.36. The van der Waals surface area contributed by atoms with E-state index in [2.05, 4.69) is 20.8 Å². The maximum absolute atomic E-state index is 6.07. The molecule has 0 aliphatic carbocycles. The lowest BCUT2D eigenvalue weighted by molar-refractivity contribution is 1.03. The highest BCUT2D eigenvalue weighted by Gasteiger charge is 2.05. The Balaban J connectivity index is 2.01. The van der Waals surface area contributed by atoms with Gasteiger partial charge in [0.1, 0.15) is 0 Å². The maximum Gasteiger partial charge on any atom is 0.191 e. The van der Waals surface area contributed by atoms with Gasteiger partial charge in [-0.3, -0.25) is 10.4 Å². The van der Waals surface area contributed by atoms with Crippen molar-refractivity contribution in [3.05, 3.63) is 58.3 Å². The van der Waals surface area contributed by atoms with Crippen LogP contribution in [0.3, 0.4) is 0 Å². The minimum atomic E-state index is 0.314. The van der Waals surface area contributed by atoms with Crippen molar-refractivity contribution in [2.45, 2.75) is 6.92 Å². The van der Waals surface area contributed by atoms with Gasteiger partial charge < -0.3 is 5.32 Å². The fraction of sp³-hybridized carbons (Fsp3) is 0.0714. The number of benzene rings is 1. The summed E-state index contributed by atoms with van der Waals surface area (Å²) in [6, 6.07) is 10.9. The highest BCUT2D eigenvalue weighted by Crippen LogP contribution is 2.29. The smallest absolute Gasteiger partial charge is 0.191 e. The molecule has 0 amide bonds. The monoisotopic (exact) mass is 338 g/mol. The summed E-state index contributed by atoms with van der Waals surface area (Å²) >= 11 is 17.2. The van der Waals surface area contributed by atoms with E-state index in [-0.39, 0.29) is 0 Å². The standard InChI is InChI=1S/C14H12Cl2N4S/c1-9(11-6-2-3-8-17-11)19-20-14(21)18-12-7-4-5-10(15)13(12)16/h2-8H,1H3,(H2,18,20,21)/b19-9+. The molecular formula is C14H12Cl2N4S. The molecule has 0 aliphatic heterocycles. The van der Waals surface area contributed by atoms with E-state index < -0.39 is 0 Å². The van der Waals surface area contributed by atoms with E-state index in [1.807, 2.05) is 25.1 Å². The van der Waals surface area contributed by atoms with Crippen LogP contribution in [0.15, 0.2) is 47.7 Å². The van der Waals surface area contributed by atoms with Gasteiger partial charge in [-0.2, -0.15) is 5.10 Å². The Morgan fingerprint density at radius 2 is 2.00 bits per heavy atom. The molecule has 1 aromatic carbocycles. The number of hydrogen-bond donors (Lipinski definition) is 2. The quantitative estimate of drug-likeness (QED) is 0.502. The second-order valence-electron chi connectivity index (χ2n) is 4.08. The summed E-state index contributed by atoms with van der Waals surface area (Å²) in [5.41, 5.74) is 4.85. The number of hydrogen-bond acceptors (Lipinski definition) is 3. The first kappa shape index (κ1) is 15.7. The molecule has 0 aliphatic rings. The van der Waals surface area contributed by atoms with Crippen molar-refractivity contribution in [3.63, 3.8) is 0 Å². The van der Waals surface area contributed by atoms with Gasteiger partial charge in [0, 0.05) is 6.20 Å². The van der Waals surface area contributed by atoms with Gasteiger partial charge in [0.2, 0.25) is 0 Å². The number of nitrogens with zero attached hydrogens (tertiary/aromatic N) is 2. The molecular weight excluding hydrogens is 327 g/mol. The normalized spacial score (nSPS) is 11.1. The van der Waals surface area contributed by atoms with Gasteiger partial charge in [0.25, 0.3) is 0 Å². The highest BCUT2D eigenvalue weighted by atomic mass is 35.5. The van der Waals surface area contributed by atoms with Crippen LogP contribution >= 0.6 is 35.4 Å². The Kier molecular flexibility index (Phi) is 5.50. The molecule has 4 nitrogen and oxygen atoms in total. The third-order valence-corrected chi connectivity index (χ3v) is 3.57. The molecule has 0 fully saturated rings. The topological polar surface area (TPSA) is 49.3 Å². The first-order valence-electron chi connectivity index (χ1n) is 6.04. The first-order valence-corrected chi connectivity index (χ1v) is 7.21. The van der Waals surface area contributed by atoms with E-state index >= 15 is 0 Å². The van der Waals surface area contributed by atoms with Crippen molar-refractivity contribution in [2.75, 3.05) is 5.32 Å². The summed E-state index contributed by atoms with van der Waals surface area (Å²) in [6.45, 7) is 1.84. The van der Waals surface area contributed by atoms with E-state index in [9.17, 15) is 0 Å². The predicted molar refractivity (Wildman–Crippen MR) is 92.3 cm³/mol. The number of nitrogens with one attached hydrogen (secondary N) is 2. The van der Waals surface area contributed by atoms with Gasteiger partial charge in [-0.1, -0.05) is 35.3 Å². The number of halogens is 2. The fourth-order valence-corrected chi connectivity index (χ4v) is 2.02. The van der Waals surface area contributed by atoms with Gasteiger partial charge in [0.15, 0.2) is 5.11 Å². The zero-order chi connectivity index (χ0) is 15.2. The molecule has 0 spiro atoms. The Hall–Kier alpha value is -1.69. The molecule has 0 atom stereocenters. The largest absolute Gasteiger partial charge is 0.330 e. The summed E-state index contributed by atoms with van der Waals surface area (Å²) in [6.07, 6.45) is 1.71. The zero-order valence-electron chi connectivity index (χ0n) is 11.1. The van der Waals surface area contributed by atoms with Crippen LogP contribution in [-0.2, 0) is 0 Å². The average Bonchev–Trinajstić information content (AvgIpc) is 2.50. The Morgan fingerprint density at radius 3 is 2.71 bits per heavy atom. The van der Waals surface area contributed by atoms with Gasteiger partial charge in [-0.15, -0.1) is 0 Å². The van der Waals surface area contributed by atoms with E-state index in [4.69, 9.17) is 35.4 Å². The zero-order valence-corrected chi connectivity index (χ0v) is 13.4. The summed E-state index contributed by atoms with van der Waals surface area (Å²) < 4.78 is 0. The van der Waals surface area contributed by atoms with Crippen LogP contribution in [0, 0.1) is 0 Å². The van der Waals surface area contributed by atoms with Gasteiger partial charge >= 0.3 is 0 Å². The van der Waals surface area contributed by atoms with Crippen molar-refractivity contribution in [2.24, 2.45) is 5.10 Å². The molecule has 0 bridgehead atoms. The van der Waals surface area contributed by atoms with E-state index in [0.29, 0.717) is 20.8 Å². The fourth-order valence-electron chi connectivity index (χ4n) is 1.52. The van der Waals surface area contributed by atoms with Crippen molar-refractivity contribution >= 4 is 51.9 Å². The number of aromatic nitrogens is 1. The minimum absolute atomic E-state index is 0.314. The lowest BCUT2D eigenvalue weighted by atomic mass is 10.3. The van der Waals surface area contributed by atoms with Crippen molar-refractivity contribution in [3.8, 4) is 0 Å². The molecule has 21 heavy (non-hydrogen) atoms. The van der Waals surface area contributed by atoms with Crippen LogP contribution in [0.25, 0.3) is 0 Å². The van der Waals surface area contributed by atoms with Crippen molar-refractivity contribution in [1.82, 2.24) is 10.4 Å². The molecule has 0 radical (unpaired) electrons. The molecule has 2 rings (SSSR count). The van der Waals surface area contributed by atoms with E-state index in [1.54, 1.807) is 24.4 Å². The van der Waals surface area contributed by atoms with Gasteiger partial charge in [0.05, 0.1) is 27.1 Å². The molecule has 0 saturated carbocycles. The first-order chi connectivity index (χ1) is 10.1. The van der Waals surface area contributed by atoms with Crippen LogP contribution in [0.5, 0.6) is 0 Å². The van der Waals surface area contributed by atoms with E-state index in [0.717, 1.165) is 11.4 Å². The van der Waals surface area contributed by atoms with Crippen molar-refractivity contribution in [1.29, 1.82) is 0 Å². The molecule has 2 aromatic rings. The predicted octanol–water partition coefficient (Wildman–Crippen LogP) is 4.10. The number of rotatable bonds is 3. The SMILES string of the molecule is C/C(=N\NC(=S)Nc1cccc(Cl)c1Cl)c1ccccn1. The summed E-state index contributed by atoms with van der Waals surface area (Å²) in [5.74, 6) is 0. The Morgan fingerprint density at radius 1 is 1.19 bits per heavy atom. The van der Waals surface area contributed by atoms with Crippen molar-refractivity contribution < 1.29 is 0 Å². The van der Waals surface area contributed by atoms with Crippen LogP contribution in [-0.4, -0.2) is 15.8 Å². The third kappa shape index (κ3) is 4.39. The summed E-state index contributed by atoms with van der Waals surface area (Å²) in [4.78, 5) is 4.19. The summed E-state index contributed by atoms with van der Waals surface area (Å²) in [7, 11) is 0. The molecule has 2 N–H and O–H groups in total. The minimum Gasteiger partial charge on any atom is -0.330 e. The molecule has 7 heteroatoms. The molecule has 0 unspecified atom stereocenters. The number of hydrazone groups is 1. The van der Waals surface area contributed by atoms with Gasteiger partial charge in [-0.05, 0) is 43.4 Å². The average molecular weight is 339 g/mol. The second-order valence-corrected chi connectivity index (χ2v) is 5.27. The number of anilines is 1. The van der Waals surface area contributed by atoms with Crippen LogP contribution < -0.4 is 10.7 Å². The van der Waals surface area contributed by atoms with Crippen LogP contribution in [0.4, 0.5) is 5.69 Å². The summed E-state index contributed by atoms with van der Waals surface area (Å²) in [5, 5.41) is 8.28. The molecule has 1 aromatic heterocycles. The maximum atomic E-state index is 6.07. The number of thiocarbonyl (C=S) groups is 1. The Labute approximate surface area is 138 Å². The Bertz CT molecular complexity index is 674. The van der Waals surface area contributed by atoms with Gasteiger partial charge in [-0.25, -0.2) is 0 Å². The van der Waals surface area contributed by atoms with E-state index in [1.165, 1.54) is 0 Å². The van der Waals surface area contributed by atoms with Crippen LogP contribution in [0.1, 0.15) is 12.6 Å². The van der Waals surface area contributed by atoms with Crippen LogP contribution in [0.2, 0.25) is 10.0 Å². The molecule has 108 valence electrons. The number of pyridine rings is 1. The molecule has 1 heterocycles. The lowest BCUT2D eigenvalue weighted by Crippen LogP contribution is -2.25. The lowest BCUT2D eigenvalue weighted by Gasteiger charge is -2.10. The highest BCUT2D eigenvalue weighted by molar-refractivity contribution is 7.80.